The highest BCUT2D eigenvalue weighted by atomic mass is 32.2. The van der Waals surface area contributed by atoms with Gasteiger partial charge in [0, 0.05) is 13.2 Å². The van der Waals surface area contributed by atoms with Crippen molar-refractivity contribution in [3.8, 4) is 5.75 Å². The van der Waals surface area contributed by atoms with E-state index < -0.39 is 10.0 Å². The van der Waals surface area contributed by atoms with E-state index in [1.165, 1.54) is 31.3 Å². The smallest absolute Gasteiger partial charge is 0.257 e. The van der Waals surface area contributed by atoms with E-state index in [2.05, 4.69) is 15.0 Å². The van der Waals surface area contributed by atoms with E-state index in [1.807, 2.05) is 0 Å². The fourth-order valence-electron chi connectivity index (χ4n) is 1.69. The zero-order valence-electron chi connectivity index (χ0n) is 12.5. The van der Waals surface area contributed by atoms with Crippen molar-refractivity contribution in [2.45, 2.75) is 11.4 Å². The van der Waals surface area contributed by atoms with Crippen molar-refractivity contribution in [2.75, 3.05) is 13.7 Å². The van der Waals surface area contributed by atoms with Crippen LogP contribution in [0.25, 0.3) is 0 Å². The minimum Gasteiger partial charge on any atom is -0.484 e. The molecule has 0 fully saturated rings. The van der Waals surface area contributed by atoms with Crippen molar-refractivity contribution >= 4 is 15.9 Å². The number of nitrogens with one attached hydrogen (secondary N) is 2. The topological polar surface area (TPSA) is 97.4 Å². The second-order valence-corrected chi connectivity index (χ2v) is 6.35. The maximum absolute atomic E-state index is 12.2. The van der Waals surface area contributed by atoms with Gasteiger partial charge in [-0.3, -0.25) is 9.78 Å². The summed E-state index contributed by atoms with van der Waals surface area (Å²) in [6, 6.07) is 11.1. The lowest BCUT2D eigenvalue weighted by Crippen LogP contribution is -2.25. The van der Waals surface area contributed by atoms with Crippen LogP contribution in [0.3, 0.4) is 0 Å². The number of carbonyl (C=O) groups is 1. The molecule has 1 aromatic heterocycles. The number of aromatic nitrogens is 1. The summed E-state index contributed by atoms with van der Waals surface area (Å²) < 4.78 is 32.1. The SMILES string of the molecule is CNC(=O)COc1ccc(S(=O)(=O)NCc2ccccn2)cc1. The first-order chi connectivity index (χ1) is 11.0. The molecule has 0 unspecified atom stereocenters. The summed E-state index contributed by atoms with van der Waals surface area (Å²) in [7, 11) is -2.13. The van der Waals surface area contributed by atoms with E-state index in [4.69, 9.17) is 4.74 Å². The molecule has 0 radical (unpaired) electrons. The van der Waals surface area contributed by atoms with Crippen LogP contribution in [0.2, 0.25) is 0 Å². The van der Waals surface area contributed by atoms with E-state index in [-0.39, 0.29) is 24.0 Å². The lowest BCUT2D eigenvalue weighted by Gasteiger charge is -2.08. The van der Waals surface area contributed by atoms with Crippen LogP contribution in [0.15, 0.2) is 53.6 Å². The van der Waals surface area contributed by atoms with Crippen LogP contribution in [0, 0.1) is 0 Å². The summed E-state index contributed by atoms with van der Waals surface area (Å²) >= 11 is 0. The summed E-state index contributed by atoms with van der Waals surface area (Å²) in [5.41, 5.74) is 0.626. The number of pyridine rings is 1. The zero-order chi connectivity index (χ0) is 16.7. The number of benzene rings is 1. The van der Waals surface area contributed by atoms with Crippen LogP contribution in [0.1, 0.15) is 5.69 Å². The van der Waals surface area contributed by atoms with Gasteiger partial charge in [-0.05, 0) is 36.4 Å². The van der Waals surface area contributed by atoms with Crippen molar-refractivity contribution in [3.05, 3.63) is 54.4 Å². The van der Waals surface area contributed by atoms with Crippen molar-refractivity contribution < 1.29 is 17.9 Å². The number of likely N-dealkylation sites (N-methyl/N-ethyl adjacent to an activating group) is 1. The Morgan fingerprint density at radius 2 is 1.91 bits per heavy atom. The van der Waals surface area contributed by atoms with Crippen molar-refractivity contribution in [1.29, 1.82) is 0 Å². The van der Waals surface area contributed by atoms with Gasteiger partial charge in [-0.2, -0.15) is 0 Å². The summed E-state index contributed by atoms with van der Waals surface area (Å²) in [4.78, 5) is 15.2. The van der Waals surface area contributed by atoms with Crippen molar-refractivity contribution in [2.24, 2.45) is 0 Å². The predicted octanol–water partition coefficient (Wildman–Crippen LogP) is 0.685. The molecule has 0 atom stereocenters. The van der Waals surface area contributed by atoms with Gasteiger partial charge < -0.3 is 10.1 Å². The van der Waals surface area contributed by atoms with E-state index in [1.54, 1.807) is 24.4 Å². The Balaban J connectivity index is 1.98. The molecular formula is C15H17N3O4S. The van der Waals surface area contributed by atoms with E-state index in [0.717, 1.165) is 0 Å². The number of carbonyl (C=O) groups excluding carboxylic acids is 1. The summed E-state index contributed by atoms with van der Waals surface area (Å²) in [6.45, 7) is -0.0153. The molecule has 23 heavy (non-hydrogen) atoms. The van der Waals surface area contributed by atoms with Crippen LogP contribution < -0.4 is 14.8 Å². The van der Waals surface area contributed by atoms with Gasteiger partial charge in [-0.15, -0.1) is 0 Å². The number of hydrogen-bond donors (Lipinski definition) is 2. The van der Waals surface area contributed by atoms with E-state index >= 15 is 0 Å². The zero-order valence-corrected chi connectivity index (χ0v) is 13.3. The lowest BCUT2D eigenvalue weighted by molar-refractivity contribution is -0.122. The summed E-state index contributed by atoms with van der Waals surface area (Å²) in [5.74, 6) is 0.149. The lowest BCUT2D eigenvalue weighted by atomic mass is 10.3. The quantitative estimate of drug-likeness (QED) is 0.776. The fourth-order valence-corrected chi connectivity index (χ4v) is 2.69. The molecule has 1 heterocycles. The largest absolute Gasteiger partial charge is 0.484 e. The van der Waals surface area contributed by atoms with Gasteiger partial charge >= 0.3 is 0 Å². The number of sulfonamides is 1. The Kier molecular flexibility index (Phi) is 5.67. The molecule has 2 rings (SSSR count). The maximum Gasteiger partial charge on any atom is 0.257 e. The minimum absolute atomic E-state index is 0.109. The van der Waals surface area contributed by atoms with Crippen LogP contribution >= 0.6 is 0 Å². The number of nitrogens with zero attached hydrogens (tertiary/aromatic N) is 1. The monoisotopic (exact) mass is 335 g/mol. The standard InChI is InChI=1S/C15H17N3O4S/c1-16-15(19)11-22-13-5-7-14(8-6-13)23(20,21)18-10-12-4-2-3-9-17-12/h2-9,18H,10-11H2,1H3,(H,16,19). The van der Waals surface area contributed by atoms with Gasteiger partial charge in [0.05, 0.1) is 17.1 Å². The van der Waals surface area contributed by atoms with Crippen LogP contribution in [0.4, 0.5) is 0 Å². The highest BCUT2D eigenvalue weighted by molar-refractivity contribution is 7.89. The summed E-state index contributed by atoms with van der Waals surface area (Å²) in [5, 5.41) is 2.43. The Morgan fingerprint density at radius 1 is 1.17 bits per heavy atom. The normalized spacial score (nSPS) is 11.0. The average Bonchev–Trinajstić information content (AvgIpc) is 2.59. The minimum atomic E-state index is -3.64. The van der Waals surface area contributed by atoms with Crippen LogP contribution in [0.5, 0.6) is 5.75 Å². The van der Waals surface area contributed by atoms with Gasteiger partial charge in [0.1, 0.15) is 5.75 Å². The molecule has 2 aromatic rings. The first-order valence-electron chi connectivity index (χ1n) is 6.84. The third-order valence-corrected chi connectivity index (χ3v) is 4.37. The molecular weight excluding hydrogens is 318 g/mol. The van der Waals surface area contributed by atoms with Gasteiger partial charge in [0.25, 0.3) is 5.91 Å². The second-order valence-electron chi connectivity index (χ2n) is 4.58. The molecule has 1 aromatic carbocycles. The Hall–Kier alpha value is -2.45. The molecule has 0 aliphatic rings. The van der Waals surface area contributed by atoms with Crippen molar-refractivity contribution in [3.63, 3.8) is 0 Å². The Morgan fingerprint density at radius 3 is 2.52 bits per heavy atom. The number of hydrogen-bond acceptors (Lipinski definition) is 5. The van der Waals surface area contributed by atoms with Crippen molar-refractivity contribution in [1.82, 2.24) is 15.0 Å². The molecule has 0 saturated heterocycles. The molecule has 122 valence electrons. The van der Waals surface area contributed by atoms with Gasteiger partial charge in [-0.1, -0.05) is 6.07 Å². The third kappa shape index (κ3) is 5.04. The number of amides is 1. The molecule has 0 aliphatic heterocycles. The predicted molar refractivity (Wildman–Crippen MR) is 84.3 cm³/mol. The highest BCUT2D eigenvalue weighted by Crippen LogP contribution is 2.16. The Bertz CT molecular complexity index is 746. The molecule has 8 heteroatoms. The Labute approximate surface area is 134 Å². The second kappa shape index (κ2) is 7.70. The molecule has 0 spiro atoms. The molecule has 2 N–H and O–H groups in total. The van der Waals surface area contributed by atoms with Crippen LogP contribution in [-0.2, 0) is 21.4 Å². The molecule has 0 aliphatic carbocycles. The maximum atomic E-state index is 12.2. The van der Waals surface area contributed by atoms with Gasteiger partial charge in [0.15, 0.2) is 6.61 Å². The average molecular weight is 335 g/mol. The first-order valence-corrected chi connectivity index (χ1v) is 8.32. The van der Waals surface area contributed by atoms with Gasteiger partial charge in [0.2, 0.25) is 10.0 Å². The molecule has 7 nitrogen and oxygen atoms in total. The highest BCUT2D eigenvalue weighted by Gasteiger charge is 2.14. The number of rotatable bonds is 7. The molecule has 1 amide bonds. The first kappa shape index (κ1) is 16.9. The fraction of sp³-hybridized carbons (Fsp3) is 0.200. The van der Waals surface area contributed by atoms with Gasteiger partial charge in [-0.25, -0.2) is 13.1 Å². The number of ether oxygens (including phenoxy) is 1. The van der Waals surface area contributed by atoms with E-state index in [9.17, 15) is 13.2 Å². The van der Waals surface area contributed by atoms with Crippen LogP contribution in [-0.4, -0.2) is 33.0 Å². The third-order valence-electron chi connectivity index (χ3n) is 2.95. The van der Waals surface area contributed by atoms with E-state index in [0.29, 0.717) is 11.4 Å². The molecule has 0 bridgehead atoms. The summed E-state index contributed by atoms with van der Waals surface area (Å²) in [6.07, 6.45) is 1.60. The molecule has 0 saturated carbocycles.